The summed E-state index contributed by atoms with van der Waals surface area (Å²) in [5.74, 6) is 0. The topological polar surface area (TPSA) is 18.5 Å². The molecule has 0 aromatic rings. The molecule has 0 bridgehead atoms. The molecule has 0 aliphatic heterocycles. The van der Waals surface area contributed by atoms with E-state index >= 15 is 0 Å². The van der Waals surface area contributed by atoms with Crippen LogP contribution in [0.3, 0.4) is 0 Å². The van der Waals surface area contributed by atoms with E-state index in [9.17, 15) is 0 Å². The molecule has 0 spiro atoms. The van der Waals surface area contributed by atoms with Crippen LogP contribution < -0.4 is 0 Å². The molecule has 0 fully saturated rings. The van der Waals surface area contributed by atoms with Gasteiger partial charge in [-0.3, -0.25) is 0 Å². The zero-order valence-corrected chi connectivity index (χ0v) is 23.2. The van der Waals surface area contributed by atoms with E-state index in [-0.39, 0.29) is 8.80 Å². The standard InChI is InChI=1S/C25H56O2Si2/c1-6-26-27-22-18-14-10-8-7-9-12-16-20-24-29(4,5)25-21-17-13-11-15-19-23-28(2)3/h28H,6-25H2,1-5H3. The van der Waals surface area contributed by atoms with Crippen LogP contribution in [0.15, 0.2) is 0 Å². The monoisotopic (exact) mass is 444 g/mol. The van der Waals surface area contributed by atoms with E-state index < -0.39 is 8.07 Å². The summed E-state index contributed by atoms with van der Waals surface area (Å²) in [5.41, 5.74) is 0. The van der Waals surface area contributed by atoms with E-state index in [1.165, 1.54) is 89.9 Å². The van der Waals surface area contributed by atoms with Crippen LogP contribution in [0, 0.1) is 0 Å². The molecule has 2 nitrogen and oxygen atoms in total. The minimum Gasteiger partial charge on any atom is -0.237 e. The highest BCUT2D eigenvalue weighted by atomic mass is 28.3. The van der Waals surface area contributed by atoms with Crippen LogP contribution >= 0.6 is 0 Å². The number of rotatable bonds is 23. The fourth-order valence-corrected chi connectivity index (χ4v) is 7.90. The lowest BCUT2D eigenvalue weighted by molar-refractivity contribution is -0.291. The third-order valence-electron chi connectivity index (χ3n) is 6.17. The third-order valence-corrected chi connectivity index (χ3v) is 11.1. The number of hydrogen-bond acceptors (Lipinski definition) is 2. The zero-order chi connectivity index (χ0) is 21.6. The summed E-state index contributed by atoms with van der Waals surface area (Å²) in [6.45, 7) is 13.6. The van der Waals surface area contributed by atoms with Crippen molar-refractivity contribution in [3.8, 4) is 0 Å². The molecule has 4 heteroatoms. The van der Waals surface area contributed by atoms with Crippen molar-refractivity contribution in [2.24, 2.45) is 0 Å². The first-order chi connectivity index (χ1) is 14.0. The van der Waals surface area contributed by atoms with Gasteiger partial charge in [0.05, 0.1) is 13.2 Å². The van der Waals surface area contributed by atoms with Crippen LogP contribution in [0.25, 0.3) is 0 Å². The van der Waals surface area contributed by atoms with Crippen LogP contribution in [0.2, 0.25) is 44.3 Å². The summed E-state index contributed by atoms with van der Waals surface area (Å²) in [4.78, 5) is 9.94. The van der Waals surface area contributed by atoms with Crippen LogP contribution in [-0.2, 0) is 9.78 Å². The molecule has 0 atom stereocenters. The highest BCUT2D eigenvalue weighted by Gasteiger charge is 2.18. The molecule has 0 amide bonds. The Morgan fingerprint density at radius 3 is 1.41 bits per heavy atom. The molecule has 0 radical (unpaired) electrons. The van der Waals surface area contributed by atoms with Crippen molar-refractivity contribution in [2.45, 2.75) is 148 Å². The van der Waals surface area contributed by atoms with Gasteiger partial charge in [0.25, 0.3) is 0 Å². The quantitative estimate of drug-likeness (QED) is 0.0677. The lowest BCUT2D eigenvalue weighted by atomic mass is 10.1. The lowest BCUT2D eigenvalue weighted by Gasteiger charge is -2.22. The molecule has 0 aromatic carbocycles. The molecule has 29 heavy (non-hydrogen) atoms. The van der Waals surface area contributed by atoms with E-state index in [2.05, 4.69) is 26.2 Å². The van der Waals surface area contributed by atoms with Crippen molar-refractivity contribution >= 4 is 16.9 Å². The first-order valence-electron chi connectivity index (χ1n) is 13.2. The Morgan fingerprint density at radius 2 is 0.966 bits per heavy atom. The summed E-state index contributed by atoms with van der Waals surface area (Å²) in [5, 5.41) is 0. The smallest absolute Gasteiger partial charge is 0.0822 e. The second kappa shape index (κ2) is 21.6. The first kappa shape index (κ1) is 29.4. The van der Waals surface area contributed by atoms with Gasteiger partial charge in [0, 0.05) is 16.9 Å². The number of unbranched alkanes of at least 4 members (excludes halogenated alkanes) is 13. The zero-order valence-electron chi connectivity index (χ0n) is 21.0. The maximum atomic E-state index is 5.04. The van der Waals surface area contributed by atoms with Gasteiger partial charge < -0.3 is 0 Å². The molecule has 176 valence electrons. The maximum Gasteiger partial charge on any atom is 0.0822 e. The average Bonchev–Trinajstić information content (AvgIpc) is 2.67. The molecular weight excluding hydrogens is 388 g/mol. The van der Waals surface area contributed by atoms with Crippen LogP contribution in [0.1, 0.15) is 103 Å². The SMILES string of the molecule is CCOOCCCCCCCCCCC[Si](C)(C)CCCCCCCC[SiH](C)C. The van der Waals surface area contributed by atoms with Crippen molar-refractivity contribution in [3.05, 3.63) is 0 Å². The molecule has 0 aliphatic carbocycles. The van der Waals surface area contributed by atoms with Crippen LogP contribution in [0.4, 0.5) is 0 Å². The Hall–Kier alpha value is 0.354. The minimum absolute atomic E-state index is 0.292. The second-order valence-electron chi connectivity index (χ2n) is 10.4. The molecule has 0 aromatic heterocycles. The maximum absolute atomic E-state index is 5.04. The summed E-state index contributed by atoms with van der Waals surface area (Å²) in [7, 11) is -1.20. The van der Waals surface area contributed by atoms with E-state index in [1.54, 1.807) is 18.1 Å². The predicted molar refractivity (Wildman–Crippen MR) is 138 cm³/mol. The summed E-state index contributed by atoms with van der Waals surface area (Å²) < 4.78 is 0. The Morgan fingerprint density at radius 1 is 0.552 bits per heavy atom. The van der Waals surface area contributed by atoms with Crippen LogP contribution in [0.5, 0.6) is 0 Å². The Balaban J connectivity index is 3.31. The largest absolute Gasteiger partial charge is 0.237 e. The molecule has 0 saturated carbocycles. The fourth-order valence-electron chi connectivity index (χ4n) is 4.13. The molecule has 0 N–H and O–H groups in total. The summed E-state index contributed by atoms with van der Waals surface area (Å²) >= 11 is 0. The van der Waals surface area contributed by atoms with Gasteiger partial charge in [-0.25, -0.2) is 9.78 Å². The van der Waals surface area contributed by atoms with Gasteiger partial charge in [0.15, 0.2) is 0 Å². The second-order valence-corrected chi connectivity index (χ2v) is 19.1. The highest BCUT2D eigenvalue weighted by molar-refractivity contribution is 6.77. The molecule has 0 rings (SSSR count). The highest BCUT2D eigenvalue weighted by Crippen LogP contribution is 2.23. The Labute approximate surface area is 187 Å². The van der Waals surface area contributed by atoms with Gasteiger partial charge in [-0.15, -0.1) is 0 Å². The molecule has 0 heterocycles. The molecule has 0 aliphatic rings. The van der Waals surface area contributed by atoms with Crippen molar-refractivity contribution in [1.29, 1.82) is 0 Å². The van der Waals surface area contributed by atoms with Gasteiger partial charge in [-0.05, 0) is 13.3 Å². The molecule has 0 unspecified atom stereocenters. The number of hydrogen-bond donors (Lipinski definition) is 0. The van der Waals surface area contributed by atoms with Gasteiger partial charge in [-0.2, -0.15) is 0 Å². The van der Waals surface area contributed by atoms with E-state index in [1.807, 2.05) is 6.92 Å². The Bertz CT molecular complexity index is 322. The van der Waals surface area contributed by atoms with Crippen molar-refractivity contribution in [1.82, 2.24) is 0 Å². The van der Waals surface area contributed by atoms with E-state index in [0.29, 0.717) is 6.61 Å². The average molecular weight is 445 g/mol. The molecule has 0 saturated heterocycles. The van der Waals surface area contributed by atoms with Gasteiger partial charge in [-0.1, -0.05) is 134 Å². The molecular formula is C25H56O2Si2. The van der Waals surface area contributed by atoms with Gasteiger partial charge >= 0.3 is 0 Å². The van der Waals surface area contributed by atoms with Crippen molar-refractivity contribution in [3.63, 3.8) is 0 Å². The summed E-state index contributed by atoms with van der Waals surface area (Å²) in [6.07, 6.45) is 21.4. The summed E-state index contributed by atoms with van der Waals surface area (Å²) in [6, 6.07) is 4.69. The van der Waals surface area contributed by atoms with Gasteiger partial charge in [0.2, 0.25) is 0 Å². The predicted octanol–water partition coefficient (Wildman–Crippen LogP) is 9.00. The minimum atomic E-state index is -0.910. The van der Waals surface area contributed by atoms with Crippen molar-refractivity contribution < 1.29 is 9.78 Å². The lowest BCUT2D eigenvalue weighted by Crippen LogP contribution is -2.24. The first-order valence-corrected chi connectivity index (χ1v) is 19.8. The van der Waals surface area contributed by atoms with E-state index in [0.717, 1.165) is 13.0 Å². The van der Waals surface area contributed by atoms with Crippen LogP contribution in [-0.4, -0.2) is 30.1 Å². The Kier molecular flexibility index (Phi) is 21.8. The third kappa shape index (κ3) is 24.5. The fraction of sp³-hybridized carbons (Fsp3) is 1.00. The van der Waals surface area contributed by atoms with Crippen molar-refractivity contribution in [2.75, 3.05) is 13.2 Å². The van der Waals surface area contributed by atoms with E-state index in [4.69, 9.17) is 9.78 Å². The normalized spacial score (nSPS) is 12.2. The van der Waals surface area contributed by atoms with Gasteiger partial charge in [0.1, 0.15) is 0 Å².